The molecular formula is C13H18N2O2. The van der Waals surface area contributed by atoms with Crippen molar-refractivity contribution < 1.29 is 9.53 Å². The molecule has 1 aliphatic heterocycles. The van der Waals surface area contributed by atoms with Crippen molar-refractivity contribution >= 4 is 5.91 Å². The van der Waals surface area contributed by atoms with Crippen molar-refractivity contribution in [2.45, 2.75) is 13.5 Å². The summed E-state index contributed by atoms with van der Waals surface area (Å²) in [5, 5.41) is 2.91. The van der Waals surface area contributed by atoms with Gasteiger partial charge in [-0.15, -0.1) is 0 Å². The van der Waals surface area contributed by atoms with E-state index in [1.54, 1.807) is 0 Å². The van der Waals surface area contributed by atoms with E-state index in [1.165, 1.54) is 5.56 Å². The lowest BCUT2D eigenvalue weighted by atomic mass is 9.85. The lowest BCUT2D eigenvalue weighted by molar-refractivity contribution is -0.159. The fraction of sp³-hybridized carbons (Fsp3) is 0.462. The molecule has 1 fully saturated rings. The minimum Gasteiger partial charge on any atom is -0.379 e. The maximum absolute atomic E-state index is 11.9. The summed E-state index contributed by atoms with van der Waals surface area (Å²) in [7, 11) is 0. The first kappa shape index (κ1) is 12.1. The molecule has 0 spiro atoms. The van der Waals surface area contributed by atoms with Gasteiger partial charge in [0.2, 0.25) is 5.91 Å². The Bertz CT molecular complexity index is 391. The van der Waals surface area contributed by atoms with Gasteiger partial charge < -0.3 is 15.8 Å². The number of carbonyl (C=O) groups is 1. The zero-order valence-corrected chi connectivity index (χ0v) is 10.0. The van der Waals surface area contributed by atoms with Gasteiger partial charge in [-0.1, -0.05) is 29.8 Å². The number of nitrogens with two attached hydrogens (primary N) is 1. The predicted octanol–water partition coefficient (Wildman–Crippen LogP) is 0.587. The van der Waals surface area contributed by atoms with Crippen molar-refractivity contribution in [2.24, 2.45) is 11.1 Å². The molecule has 1 aromatic rings. The van der Waals surface area contributed by atoms with Gasteiger partial charge >= 0.3 is 0 Å². The highest BCUT2D eigenvalue weighted by Gasteiger charge is 2.44. The van der Waals surface area contributed by atoms with E-state index in [-0.39, 0.29) is 5.91 Å². The maximum Gasteiger partial charge on any atom is 0.232 e. The Morgan fingerprint density at radius 3 is 2.53 bits per heavy atom. The quantitative estimate of drug-likeness (QED) is 0.801. The molecule has 4 nitrogen and oxygen atoms in total. The van der Waals surface area contributed by atoms with Crippen LogP contribution in [-0.2, 0) is 16.1 Å². The second-order valence-corrected chi connectivity index (χ2v) is 4.65. The molecule has 0 saturated carbocycles. The highest BCUT2D eigenvalue weighted by Crippen LogP contribution is 2.26. The van der Waals surface area contributed by atoms with Crippen LogP contribution in [0.2, 0.25) is 0 Å². The van der Waals surface area contributed by atoms with E-state index in [2.05, 4.69) is 5.32 Å². The fourth-order valence-electron chi connectivity index (χ4n) is 1.77. The fourth-order valence-corrected chi connectivity index (χ4v) is 1.77. The summed E-state index contributed by atoms with van der Waals surface area (Å²) in [6, 6.07) is 8.10. The molecule has 1 saturated heterocycles. The minimum atomic E-state index is -0.495. The molecule has 0 bridgehead atoms. The molecular weight excluding hydrogens is 216 g/mol. The Hall–Kier alpha value is -1.39. The largest absolute Gasteiger partial charge is 0.379 e. The number of carbonyl (C=O) groups excluding carboxylic acids is 1. The Morgan fingerprint density at radius 2 is 2.06 bits per heavy atom. The van der Waals surface area contributed by atoms with E-state index in [1.807, 2.05) is 31.2 Å². The van der Waals surface area contributed by atoms with Crippen LogP contribution in [0.3, 0.4) is 0 Å². The molecule has 0 aromatic heterocycles. The van der Waals surface area contributed by atoms with Crippen molar-refractivity contribution in [1.82, 2.24) is 5.32 Å². The summed E-state index contributed by atoms with van der Waals surface area (Å²) in [5.74, 6) is -0.00757. The second kappa shape index (κ2) is 4.85. The van der Waals surface area contributed by atoms with E-state index in [0.717, 1.165) is 5.56 Å². The van der Waals surface area contributed by atoms with Crippen molar-refractivity contribution in [3.63, 3.8) is 0 Å². The van der Waals surface area contributed by atoms with Gasteiger partial charge in [-0.3, -0.25) is 4.79 Å². The Labute approximate surface area is 101 Å². The van der Waals surface area contributed by atoms with Gasteiger partial charge in [0.05, 0.1) is 13.2 Å². The van der Waals surface area contributed by atoms with E-state index < -0.39 is 5.41 Å². The lowest BCUT2D eigenvalue weighted by Gasteiger charge is -2.38. The number of benzene rings is 1. The molecule has 1 aromatic carbocycles. The molecule has 1 aliphatic rings. The molecule has 0 radical (unpaired) electrons. The normalized spacial score (nSPS) is 17.3. The summed E-state index contributed by atoms with van der Waals surface area (Å²) in [6.07, 6.45) is 0. The zero-order chi connectivity index (χ0) is 12.3. The first-order valence-electron chi connectivity index (χ1n) is 5.78. The number of hydrogen-bond acceptors (Lipinski definition) is 3. The molecule has 17 heavy (non-hydrogen) atoms. The smallest absolute Gasteiger partial charge is 0.232 e. The summed E-state index contributed by atoms with van der Waals surface area (Å²) in [4.78, 5) is 11.9. The molecule has 3 N–H and O–H groups in total. The van der Waals surface area contributed by atoms with Crippen LogP contribution in [-0.4, -0.2) is 25.7 Å². The number of ether oxygens (including phenoxy) is 1. The molecule has 0 unspecified atom stereocenters. The number of aryl methyl sites for hydroxylation is 1. The van der Waals surface area contributed by atoms with Gasteiger partial charge in [0.1, 0.15) is 5.41 Å². The van der Waals surface area contributed by atoms with E-state index in [9.17, 15) is 4.79 Å². The van der Waals surface area contributed by atoms with Crippen LogP contribution in [0.1, 0.15) is 11.1 Å². The van der Waals surface area contributed by atoms with Crippen LogP contribution in [0.4, 0.5) is 0 Å². The average Bonchev–Trinajstić information content (AvgIpc) is 2.27. The van der Waals surface area contributed by atoms with Crippen LogP contribution in [0, 0.1) is 12.3 Å². The first-order chi connectivity index (χ1) is 8.16. The average molecular weight is 234 g/mol. The molecule has 0 atom stereocenters. The SMILES string of the molecule is Cc1ccc(CNC(=O)C2(CN)COC2)cc1. The van der Waals surface area contributed by atoms with Crippen LogP contribution < -0.4 is 11.1 Å². The first-order valence-corrected chi connectivity index (χ1v) is 5.78. The van der Waals surface area contributed by atoms with Gasteiger partial charge in [0, 0.05) is 13.1 Å². The van der Waals surface area contributed by atoms with E-state index >= 15 is 0 Å². The molecule has 1 amide bonds. The van der Waals surface area contributed by atoms with Crippen molar-refractivity contribution in [3.05, 3.63) is 35.4 Å². The van der Waals surface area contributed by atoms with Crippen LogP contribution in [0.25, 0.3) is 0 Å². The monoisotopic (exact) mass is 234 g/mol. The molecule has 1 heterocycles. The highest BCUT2D eigenvalue weighted by atomic mass is 16.5. The summed E-state index contributed by atoms with van der Waals surface area (Å²) in [5.41, 5.74) is 7.43. The molecule has 92 valence electrons. The standard InChI is InChI=1S/C13H18N2O2/c1-10-2-4-11(5-3-10)6-15-12(16)13(7-14)8-17-9-13/h2-5H,6-9,14H2,1H3,(H,15,16). The van der Waals surface area contributed by atoms with Crippen LogP contribution >= 0.6 is 0 Å². The van der Waals surface area contributed by atoms with Crippen molar-refractivity contribution in [1.29, 1.82) is 0 Å². The molecule has 0 aliphatic carbocycles. The number of amides is 1. The summed E-state index contributed by atoms with van der Waals surface area (Å²) >= 11 is 0. The van der Waals surface area contributed by atoms with E-state index in [4.69, 9.17) is 10.5 Å². The summed E-state index contributed by atoms with van der Waals surface area (Å²) in [6.45, 7) is 3.79. The van der Waals surface area contributed by atoms with E-state index in [0.29, 0.717) is 26.3 Å². The van der Waals surface area contributed by atoms with Gasteiger partial charge in [0.15, 0.2) is 0 Å². The lowest BCUT2D eigenvalue weighted by Crippen LogP contribution is -2.58. The topological polar surface area (TPSA) is 64.4 Å². The van der Waals surface area contributed by atoms with Crippen molar-refractivity contribution in [2.75, 3.05) is 19.8 Å². The molecule has 2 rings (SSSR count). The highest BCUT2D eigenvalue weighted by molar-refractivity contribution is 5.84. The van der Waals surface area contributed by atoms with Gasteiger partial charge in [-0.2, -0.15) is 0 Å². The third-order valence-electron chi connectivity index (χ3n) is 3.20. The number of hydrogen-bond donors (Lipinski definition) is 2. The third kappa shape index (κ3) is 2.48. The summed E-state index contributed by atoms with van der Waals surface area (Å²) < 4.78 is 5.08. The van der Waals surface area contributed by atoms with Gasteiger partial charge in [-0.25, -0.2) is 0 Å². The number of nitrogens with one attached hydrogen (secondary N) is 1. The predicted molar refractivity (Wildman–Crippen MR) is 65.3 cm³/mol. The Kier molecular flexibility index (Phi) is 3.45. The second-order valence-electron chi connectivity index (χ2n) is 4.65. The Balaban J connectivity index is 1.90. The minimum absolute atomic E-state index is 0.00757. The number of rotatable bonds is 4. The Morgan fingerprint density at radius 1 is 1.41 bits per heavy atom. The van der Waals surface area contributed by atoms with Gasteiger partial charge in [-0.05, 0) is 12.5 Å². The maximum atomic E-state index is 11.9. The molecule has 4 heteroatoms. The van der Waals surface area contributed by atoms with Gasteiger partial charge in [0.25, 0.3) is 0 Å². The van der Waals surface area contributed by atoms with Crippen molar-refractivity contribution in [3.8, 4) is 0 Å². The van der Waals surface area contributed by atoms with Crippen LogP contribution in [0.5, 0.6) is 0 Å². The van der Waals surface area contributed by atoms with Crippen LogP contribution in [0.15, 0.2) is 24.3 Å². The third-order valence-corrected chi connectivity index (χ3v) is 3.20. The zero-order valence-electron chi connectivity index (χ0n) is 10.0.